The molecule has 0 spiro atoms. The second-order valence-electron chi connectivity index (χ2n) is 8.84. The molecule has 1 aromatic rings. The molecule has 0 aromatic heterocycles. The van der Waals surface area contributed by atoms with Gasteiger partial charge in [0.05, 0.1) is 0 Å². The quantitative estimate of drug-likeness (QED) is 0.195. The summed E-state index contributed by atoms with van der Waals surface area (Å²) >= 11 is 0. The second-order valence-corrected chi connectivity index (χ2v) is 8.84. The van der Waals surface area contributed by atoms with Gasteiger partial charge in [0.1, 0.15) is 0 Å². The van der Waals surface area contributed by atoms with Crippen LogP contribution < -0.4 is 10.6 Å². The zero-order chi connectivity index (χ0) is 21.6. The molecule has 0 bridgehead atoms. The third-order valence-electron chi connectivity index (χ3n) is 6.26. The molecule has 3 rings (SSSR count). The molecular formula is C25H43IN4O2. The summed E-state index contributed by atoms with van der Waals surface area (Å²) in [7, 11) is 1.82. The highest BCUT2D eigenvalue weighted by molar-refractivity contribution is 14.0. The highest BCUT2D eigenvalue weighted by Gasteiger charge is 2.13. The normalized spacial score (nSPS) is 18.6. The van der Waals surface area contributed by atoms with E-state index in [9.17, 15) is 0 Å². The van der Waals surface area contributed by atoms with Crippen molar-refractivity contribution in [3.05, 3.63) is 35.4 Å². The Morgan fingerprint density at radius 3 is 2.41 bits per heavy atom. The number of nitrogens with zero attached hydrogens (tertiary/aromatic N) is 2. The molecule has 32 heavy (non-hydrogen) atoms. The number of rotatable bonds is 10. The number of nitrogens with one attached hydrogen (secondary N) is 2. The monoisotopic (exact) mass is 558 g/mol. The molecule has 0 radical (unpaired) electrons. The van der Waals surface area contributed by atoms with E-state index in [4.69, 9.17) is 9.47 Å². The van der Waals surface area contributed by atoms with Gasteiger partial charge in [-0.15, -0.1) is 24.0 Å². The summed E-state index contributed by atoms with van der Waals surface area (Å²) in [6.07, 6.45) is 8.71. The number of likely N-dealkylation sites (tertiary alicyclic amines) is 1. The van der Waals surface area contributed by atoms with E-state index < -0.39 is 0 Å². The molecule has 0 saturated carbocycles. The van der Waals surface area contributed by atoms with Crippen LogP contribution >= 0.6 is 24.0 Å². The molecule has 2 N–H and O–H groups in total. The van der Waals surface area contributed by atoms with Crippen molar-refractivity contribution in [2.75, 3.05) is 53.1 Å². The summed E-state index contributed by atoms with van der Waals surface area (Å²) in [5.74, 6) is 1.52. The molecule has 182 valence electrons. The Hall–Kier alpha value is -0.900. The zero-order valence-electron chi connectivity index (χ0n) is 19.8. The minimum absolute atomic E-state index is 0. The standard InChI is InChI=1S/C25H42N4O2.HI/c1-26-25(27-13-6-16-31-21-24-11-17-30-18-12-24)28-19-22-7-9-23(10-8-22)20-29-14-4-2-3-5-15-29;/h7-10,24H,2-6,11-21H2,1H3,(H2,26,27,28);1H. The molecule has 0 unspecified atom stereocenters. The predicted molar refractivity (Wildman–Crippen MR) is 143 cm³/mol. The lowest BCUT2D eigenvalue weighted by molar-refractivity contribution is 0.0203. The van der Waals surface area contributed by atoms with E-state index >= 15 is 0 Å². The topological polar surface area (TPSA) is 58.1 Å². The van der Waals surface area contributed by atoms with Crippen molar-refractivity contribution >= 4 is 29.9 Å². The van der Waals surface area contributed by atoms with Gasteiger partial charge >= 0.3 is 0 Å². The molecular weight excluding hydrogens is 515 g/mol. The highest BCUT2D eigenvalue weighted by atomic mass is 127. The summed E-state index contributed by atoms with van der Waals surface area (Å²) < 4.78 is 11.2. The second kappa shape index (κ2) is 16.7. The summed E-state index contributed by atoms with van der Waals surface area (Å²) in [6.45, 7) is 8.64. The van der Waals surface area contributed by atoms with Crippen LogP contribution in [0.3, 0.4) is 0 Å². The van der Waals surface area contributed by atoms with Crippen LogP contribution in [0.25, 0.3) is 0 Å². The van der Waals surface area contributed by atoms with E-state index in [0.717, 1.165) is 71.3 Å². The van der Waals surface area contributed by atoms with Crippen LogP contribution in [0.15, 0.2) is 29.3 Å². The summed E-state index contributed by atoms with van der Waals surface area (Å²) in [5, 5.41) is 6.79. The summed E-state index contributed by atoms with van der Waals surface area (Å²) in [6, 6.07) is 9.01. The first-order valence-electron chi connectivity index (χ1n) is 12.2. The average Bonchev–Trinajstić information content (AvgIpc) is 3.08. The average molecular weight is 559 g/mol. The van der Waals surface area contributed by atoms with Gasteiger partial charge in [-0.1, -0.05) is 37.1 Å². The van der Waals surface area contributed by atoms with Crippen LogP contribution in [0.5, 0.6) is 0 Å². The molecule has 2 aliphatic rings. The maximum atomic E-state index is 5.83. The first-order valence-corrected chi connectivity index (χ1v) is 12.2. The fraction of sp³-hybridized carbons (Fsp3) is 0.720. The van der Waals surface area contributed by atoms with Crippen molar-refractivity contribution in [2.24, 2.45) is 10.9 Å². The largest absolute Gasteiger partial charge is 0.381 e. The number of ether oxygens (including phenoxy) is 2. The zero-order valence-corrected chi connectivity index (χ0v) is 22.1. The predicted octanol–water partition coefficient (Wildman–Crippen LogP) is 4.18. The van der Waals surface area contributed by atoms with Crippen LogP contribution in [-0.4, -0.2) is 64.0 Å². The Kier molecular flexibility index (Phi) is 14.2. The number of halogens is 1. The lowest BCUT2D eigenvalue weighted by atomic mass is 10.0. The fourth-order valence-electron chi connectivity index (χ4n) is 4.27. The summed E-state index contributed by atoms with van der Waals surface area (Å²) in [4.78, 5) is 6.93. The van der Waals surface area contributed by atoms with E-state index in [1.165, 1.54) is 49.9 Å². The van der Waals surface area contributed by atoms with Gasteiger partial charge in [-0.2, -0.15) is 0 Å². The SMILES string of the molecule is CN=C(NCCCOCC1CCOCC1)NCc1ccc(CN2CCCCCC2)cc1.I. The number of hydrogen-bond acceptors (Lipinski definition) is 4. The van der Waals surface area contributed by atoms with Gasteiger partial charge in [0, 0.05) is 53.1 Å². The van der Waals surface area contributed by atoms with Crippen molar-refractivity contribution in [1.29, 1.82) is 0 Å². The molecule has 0 atom stereocenters. The highest BCUT2D eigenvalue weighted by Crippen LogP contribution is 2.15. The van der Waals surface area contributed by atoms with Gasteiger partial charge in [0.2, 0.25) is 0 Å². The molecule has 7 heteroatoms. The van der Waals surface area contributed by atoms with Gasteiger partial charge < -0.3 is 20.1 Å². The Morgan fingerprint density at radius 2 is 1.72 bits per heavy atom. The Morgan fingerprint density at radius 1 is 1.03 bits per heavy atom. The van der Waals surface area contributed by atoms with Crippen molar-refractivity contribution in [3.63, 3.8) is 0 Å². The third kappa shape index (κ3) is 10.8. The van der Waals surface area contributed by atoms with Crippen LogP contribution in [-0.2, 0) is 22.6 Å². The number of benzene rings is 1. The van der Waals surface area contributed by atoms with E-state index in [1.54, 1.807) is 0 Å². The Balaban J connectivity index is 0.00000363. The summed E-state index contributed by atoms with van der Waals surface area (Å²) in [5.41, 5.74) is 2.69. The van der Waals surface area contributed by atoms with E-state index in [-0.39, 0.29) is 24.0 Å². The van der Waals surface area contributed by atoms with Crippen molar-refractivity contribution < 1.29 is 9.47 Å². The number of guanidine groups is 1. The third-order valence-corrected chi connectivity index (χ3v) is 6.26. The molecule has 2 aliphatic heterocycles. The molecule has 0 amide bonds. The van der Waals surface area contributed by atoms with E-state index in [0.29, 0.717) is 5.92 Å². The number of aliphatic imine (C=N–C) groups is 1. The van der Waals surface area contributed by atoms with Gasteiger partial charge in [0.25, 0.3) is 0 Å². The molecule has 6 nitrogen and oxygen atoms in total. The molecule has 1 aromatic carbocycles. The van der Waals surface area contributed by atoms with Crippen molar-refractivity contribution in [2.45, 2.75) is 58.0 Å². The molecule has 2 fully saturated rings. The number of hydrogen-bond donors (Lipinski definition) is 2. The van der Waals surface area contributed by atoms with Crippen LogP contribution in [0.2, 0.25) is 0 Å². The van der Waals surface area contributed by atoms with Crippen LogP contribution in [0, 0.1) is 5.92 Å². The van der Waals surface area contributed by atoms with Gasteiger partial charge in [-0.3, -0.25) is 9.89 Å². The van der Waals surface area contributed by atoms with E-state index in [1.807, 2.05) is 7.05 Å². The fourth-order valence-corrected chi connectivity index (χ4v) is 4.27. The maximum absolute atomic E-state index is 5.83. The van der Waals surface area contributed by atoms with Crippen molar-refractivity contribution in [3.8, 4) is 0 Å². The smallest absolute Gasteiger partial charge is 0.191 e. The van der Waals surface area contributed by atoms with Crippen LogP contribution in [0.4, 0.5) is 0 Å². The van der Waals surface area contributed by atoms with Crippen molar-refractivity contribution in [1.82, 2.24) is 15.5 Å². The minimum atomic E-state index is 0. The van der Waals surface area contributed by atoms with E-state index in [2.05, 4.69) is 44.8 Å². The first-order chi connectivity index (χ1) is 15.3. The Labute approximate surface area is 211 Å². The molecule has 2 saturated heterocycles. The van der Waals surface area contributed by atoms with Gasteiger partial charge in [0.15, 0.2) is 5.96 Å². The molecule has 0 aliphatic carbocycles. The maximum Gasteiger partial charge on any atom is 0.191 e. The van der Waals surface area contributed by atoms with Gasteiger partial charge in [-0.05, 0) is 62.2 Å². The first kappa shape index (κ1) is 27.3. The lowest BCUT2D eigenvalue weighted by Gasteiger charge is -2.21. The minimum Gasteiger partial charge on any atom is -0.381 e. The van der Waals surface area contributed by atoms with Crippen LogP contribution in [0.1, 0.15) is 56.1 Å². The molecule has 2 heterocycles. The van der Waals surface area contributed by atoms with Gasteiger partial charge in [-0.25, -0.2) is 0 Å². The Bertz CT molecular complexity index is 627. The lowest BCUT2D eigenvalue weighted by Crippen LogP contribution is -2.37.